The van der Waals surface area contributed by atoms with Crippen molar-refractivity contribution in [2.75, 3.05) is 6.61 Å². The Balaban J connectivity index is 3.12. The molecule has 0 aliphatic rings. The van der Waals surface area contributed by atoms with E-state index in [1.165, 1.54) is 18.2 Å². The van der Waals surface area contributed by atoms with Crippen LogP contribution >= 0.6 is 0 Å². The second-order valence-electron chi connectivity index (χ2n) is 3.61. The van der Waals surface area contributed by atoms with Crippen molar-refractivity contribution >= 4 is 11.7 Å². The molecular weight excluding hydrogens is 236 g/mol. The third kappa shape index (κ3) is 2.83. The minimum Gasteiger partial charge on any atom is -0.465 e. The molecule has 0 heterocycles. The van der Waals surface area contributed by atoms with Gasteiger partial charge in [-0.15, -0.1) is 0 Å². The third-order valence-corrected chi connectivity index (χ3v) is 2.43. The molecule has 1 rings (SSSR count). The van der Waals surface area contributed by atoms with Crippen LogP contribution in [0.3, 0.4) is 0 Å². The monoisotopic (exact) mass is 248 g/mol. The molecule has 0 spiro atoms. The third-order valence-electron chi connectivity index (χ3n) is 2.43. The standard InChI is InChI=1S/C12H12N2O4/c1-3-18-12(15)11(7-13)10-5-4-9(14(16)17)6-8(10)2/h4-6,11H,3H2,1-2H3. The molecule has 0 fully saturated rings. The Morgan fingerprint density at radius 2 is 2.28 bits per heavy atom. The van der Waals surface area contributed by atoms with Crippen molar-refractivity contribution in [1.29, 1.82) is 5.26 Å². The molecule has 0 aromatic heterocycles. The number of nitro groups is 1. The van der Waals surface area contributed by atoms with E-state index in [0.29, 0.717) is 11.1 Å². The molecule has 0 aliphatic heterocycles. The maximum atomic E-state index is 11.6. The summed E-state index contributed by atoms with van der Waals surface area (Å²) < 4.78 is 4.79. The van der Waals surface area contributed by atoms with Gasteiger partial charge in [0.2, 0.25) is 0 Å². The number of aryl methyl sites for hydroxylation is 1. The molecule has 1 atom stereocenters. The zero-order chi connectivity index (χ0) is 13.7. The highest BCUT2D eigenvalue weighted by atomic mass is 16.6. The van der Waals surface area contributed by atoms with Crippen molar-refractivity contribution in [2.45, 2.75) is 19.8 Å². The van der Waals surface area contributed by atoms with Crippen LogP contribution in [-0.2, 0) is 9.53 Å². The highest BCUT2D eigenvalue weighted by molar-refractivity contribution is 5.82. The van der Waals surface area contributed by atoms with Crippen molar-refractivity contribution in [1.82, 2.24) is 0 Å². The van der Waals surface area contributed by atoms with Crippen molar-refractivity contribution < 1.29 is 14.5 Å². The quantitative estimate of drug-likeness (QED) is 0.462. The Kier molecular flexibility index (Phi) is 4.38. The van der Waals surface area contributed by atoms with Crippen LogP contribution in [0.15, 0.2) is 18.2 Å². The van der Waals surface area contributed by atoms with Gasteiger partial charge in [-0.1, -0.05) is 6.07 Å². The van der Waals surface area contributed by atoms with Gasteiger partial charge < -0.3 is 4.74 Å². The van der Waals surface area contributed by atoms with Gasteiger partial charge in [-0.25, -0.2) is 0 Å². The van der Waals surface area contributed by atoms with Crippen molar-refractivity contribution in [2.24, 2.45) is 0 Å². The zero-order valence-corrected chi connectivity index (χ0v) is 10.0. The molecule has 1 aromatic carbocycles. The maximum Gasteiger partial charge on any atom is 0.327 e. The minimum atomic E-state index is -1.05. The van der Waals surface area contributed by atoms with E-state index in [-0.39, 0.29) is 12.3 Å². The highest BCUT2D eigenvalue weighted by Gasteiger charge is 2.24. The second kappa shape index (κ2) is 5.77. The molecule has 0 saturated carbocycles. The Bertz CT molecular complexity index is 519. The fourth-order valence-electron chi connectivity index (χ4n) is 1.57. The summed E-state index contributed by atoms with van der Waals surface area (Å²) in [5.74, 6) is -1.69. The molecule has 0 aliphatic carbocycles. The largest absolute Gasteiger partial charge is 0.465 e. The Hall–Kier alpha value is -2.42. The van der Waals surface area contributed by atoms with Gasteiger partial charge in [0, 0.05) is 12.1 Å². The van der Waals surface area contributed by atoms with Gasteiger partial charge in [0.15, 0.2) is 5.92 Å². The van der Waals surface area contributed by atoms with Gasteiger partial charge >= 0.3 is 5.97 Å². The van der Waals surface area contributed by atoms with Crippen molar-refractivity contribution in [3.63, 3.8) is 0 Å². The number of rotatable bonds is 4. The lowest BCUT2D eigenvalue weighted by Gasteiger charge is -2.11. The first kappa shape index (κ1) is 13.6. The fraction of sp³-hybridized carbons (Fsp3) is 0.333. The van der Waals surface area contributed by atoms with Gasteiger partial charge in [0.25, 0.3) is 5.69 Å². The fourth-order valence-corrected chi connectivity index (χ4v) is 1.57. The molecule has 0 amide bonds. The van der Waals surface area contributed by atoms with E-state index in [4.69, 9.17) is 10.00 Å². The molecule has 0 saturated heterocycles. The molecule has 0 radical (unpaired) electrons. The normalized spacial score (nSPS) is 11.4. The molecule has 0 N–H and O–H groups in total. The number of ether oxygens (including phenoxy) is 1. The Morgan fingerprint density at radius 3 is 2.72 bits per heavy atom. The van der Waals surface area contributed by atoms with Gasteiger partial charge in [-0.3, -0.25) is 14.9 Å². The van der Waals surface area contributed by atoms with E-state index in [1.807, 2.05) is 6.07 Å². The van der Waals surface area contributed by atoms with E-state index in [1.54, 1.807) is 13.8 Å². The predicted molar refractivity (Wildman–Crippen MR) is 62.8 cm³/mol. The minimum absolute atomic E-state index is 0.0724. The van der Waals surface area contributed by atoms with E-state index in [9.17, 15) is 14.9 Å². The molecule has 6 heteroatoms. The summed E-state index contributed by atoms with van der Waals surface area (Å²) in [6.07, 6.45) is 0. The van der Waals surface area contributed by atoms with Crippen molar-refractivity contribution in [3.8, 4) is 6.07 Å². The SMILES string of the molecule is CCOC(=O)C(C#N)c1ccc([N+](=O)[O-])cc1C. The zero-order valence-electron chi connectivity index (χ0n) is 10.0. The number of nitrogens with zero attached hydrogens (tertiary/aromatic N) is 2. The van der Waals surface area contributed by atoms with E-state index in [0.717, 1.165) is 0 Å². The summed E-state index contributed by atoms with van der Waals surface area (Å²) in [5.41, 5.74) is 0.877. The maximum absolute atomic E-state index is 11.6. The first-order valence-electron chi connectivity index (χ1n) is 5.32. The van der Waals surface area contributed by atoms with Crippen LogP contribution in [0, 0.1) is 28.4 Å². The number of esters is 1. The smallest absolute Gasteiger partial charge is 0.327 e. The number of nitriles is 1. The Morgan fingerprint density at radius 1 is 1.61 bits per heavy atom. The number of hydrogen-bond acceptors (Lipinski definition) is 5. The summed E-state index contributed by atoms with van der Waals surface area (Å²) in [6.45, 7) is 3.45. The van der Waals surface area contributed by atoms with Gasteiger partial charge in [-0.05, 0) is 25.0 Å². The van der Waals surface area contributed by atoms with Crippen LogP contribution in [0.2, 0.25) is 0 Å². The summed E-state index contributed by atoms with van der Waals surface area (Å²) in [7, 11) is 0. The number of nitro benzene ring substituents is 1. The molecule has 94 valence electrons. The van der Waals surface area contributed by atoms with Gasteiger partial charge in [-0.2, -0.15) is 5.26 Å². The first-order chi connectivity index (χ1) is 8.51. The average Bonchev–Trinajstić information content (AvgIpc) is 2.32. The summed E-state index contributed by atoms with van der Waals surface area (Å²) >= 11 is 0. The van der Waals surface area contributed by atoms with Crippen LogP contribution in [0.5, 0.6) is 0 Å². The van der Waals surface area contributed by atoms with Gasteiger partial charge in [0.1, 0.15) is 0 Å². The first-order valence-corrected chi connectivity index (χ1v) is 5.32. The summed E-state index contributed by atoms with van der Waals surface area (Å²) in [5, 5.41) is 19.6. The molecule has 6 nitrogen and oxygen atoms in total. The lowest BCUT2D eigenvalue weighted by Crippen LogP contribution is -2.15. The highest BCUT2D eigenvalue weighted by Crippen LogP contribution is 2.24. The lowest BCUT2D eigenvalue weighted by atomic mass is 9.95. The van der Waals surface area contributed by atoms with Crippen LogP contribution in [0.4, 0.5) is 5.69 Å². The summed E-state index contributed by atoms with van der Waals surface area (Å²) in [4.78, 5) is 21.6. The van der Waals surface area contributed by atoms with Crippen LogP contribution in [0.1, 0.15) is 24.0 Å². The lowest BCUT2D eigenvalue weighted by molar-refractivity contribution is -0.384. The number of carbonyl (C=O) groups is 1. The topological polar surface area (TPSA) is 93.2 Å². The van der Waals surface area contributed by atoms with Crippen LogP contribution < -0.4 is 0 Å². The number of benzene rings is 1. The van der Waals surface area contributed by atoms with Gasteiger partial charge in [0.05, 0.1) is 17.6 Å². The molecule has 1 unspecified atom stereocenters. The second-order valence-corrected chi connectivity index (χ2v) is 3.61. The van der Waals surface area contributed by atoms with E-state index < -0.39 is 16.8 Å². The van der Waals surface area contributed by atoms with Crippen LogP contribution in [0.25, 0.3) is 0 Å². The molecular formula is C12H12N2O4. The number of non-ortho nitro benzene ring substituents is 1. The Labute approximate surface area is 104 Å². The molecule has 18 heavy (non-hydrogen) atoms. The summed E-state index contributed by atoms with van der Waals surface area (Å²) in [6, 6.07) is 5.86. The number of hydrogen-bond donors (Lipinski definition) is 0. The van der Waals surface area contributed by atoms with Crippen molar-refractivity contribution in [3.05, 3.63) is 39.4 Å². The average molecular weight is 248 g/mol. The number of carbonyl (C=O) groups excluding carboxylic acids is 1. The van der Waals surface area contributed by atoms with E-state index >= 15 is 0 Å². The predicted octanol–water partition coefficient (Wildman–Crippen LogP) is 2.07. The molecule has 1 aromatic rings. The van der Waals surface area contributed by atoms with Crippen LogP contribution in [-0.4, -0.2) is 17.5 Å². The van der Waals surface area contributed by atoms with E-state index in [2.05, 4.69) is 0 Å². The molecule has 0 bridgehead atoms.